The summed E-state index contributed by atoms with van der Waals surface area (Å²) in [4.78, 5) is 17.2. The Morgan fingerprint density at radius 3 is 2.61 bits per heavy atom. The normalized spacial score (nSPS) is 14.5. The number of aromatic amines is 1. The monoisotopic (exact) mass is 441 g/mol. The fraction of sp³-hybridized carbons (Fsp3) is 0.286. The lowest BCUT2D eigenvalue weighted by atomic mass is 10.1. The van der Waals surface area contributed by atoms with Gasteiger partial charge >= 0.3 is 0 Å². The molecule has 9 nitrogen and oxygen atoms in total. The molecule has 2 heterocycles. The van der Waals surface area contributed by atoms with E-state index in [2.05, 4.69) is 20.5 Å². The van der Waals surface area contributed by atoms with Gasteiger partial charge in [-0.1, -0.05) is 12.1 Å². The highest BCUT2D eigenvalue weighted by Gasteiger charge is 2.30. The van der Waals surface area contributed by atoms with E-state index in [0.717, 1.165) is 18.4 Å². The van der Waals surface area contributed by atoms with Crippen LogP contribution in [0.25, 0.3) is 11.4 Å². The summed E-state index contributed by atoms with van der Waals surface area (Å²) in [5, 5.41) is 9.72. The summed E-state index contributed by atoms with van der Waals surface area (Å²) in [6.45, 7) is 2.74. The fourth-order valence-corrected chi connectivity index (χ4v) is 5.20. The molecule has 2 aromatic carbocycles. The summed E-state index contributed by atoms with van der Waals surface area (Å²) in [5.74, 6) is 1.00. The first-order chi connectivity index (χ1) is 14.9. The third-order valence-electron chi connectivity index (χ3n) is 5.08. The molecular formula is C21H23N5O4S. The molecule has 162 valence electrons. The van der Waals surface area contributed by atoms with Crippen LogP contribution in [0.4, 0.5) is 5.69 Å². The third-order valence-corrected chi connectivity index (χ3v) is 7.00. The van der Waals surface area contributed by atoms with Crippen LogP contribution in [0.3, 0.4) is 0 Å². The predicted octanol–water partition coefficient (Wildman–Crippen LogP) is 2.83. The van der Waals surface area contributed by atoms with Crippen molar-refractivity contribution in [1.82, 2.24) is 19.5 Å². The van der Waals surface area contributed by atoms with Crippen molar-refractivity contribution < 1.29 is 17.9 Å². The van der Waals surface area contributed by atoms with E-state index in [1.807, 2.05) is 6.07 Å². The Kier molecular flexibility index (Phi) is 5.75. The number of H-pyrrole nitrogens is 1. The molecule has 3 aromatic rings. The van der Waals surface area contributed by atoms with Crippen LogP contribution in [0, 0.1) is 6.92 Å². The molecule has 0 unspecified atom stereocenters. The summed E-state index contributed by atoms with van der Waals surface area (Å²) in [5.41, 5.74) is 1.51. The van der Waals surface area contributed by atoms with Gasteiger partial charge in [0.25, 0.3) is 5.91 Å². The number of rotatable bonds is 6. The van der Waals surface area contributed by atoms with Gasteiger partial charge in [-0.05, 0) is 50.1 Å². The van der Waals surface area contributed by atoms with E-state index < -0.39 is 15.9 Å². The third kappa shape index (κ3) is 4.30. The summed E-state index contributed by atoms with van der Waals surface area (Å²) in [7, 11) is -2.33. The van der Waals surface area contributed by atoms with E-state index in [1.54, 1.807) is 31.2 Å². The van der Waals surface area contributed by atoms with Crippen molar-refractivity contribution >= 4 is 21.6 Å². The van der Waals surface area contributed by atoms with Gasteiger partial charge in [-0.25, -0.2) is 13.4 Å². The average molecular weight is 442 g/mol. The number of nitrogens with one attached hydrogen (secondary N) is 2. The molecule has 0 saturated carbocycles. The maximum Gasteiger partial charge on any atom is 0.255 e. The first kappa shape index (κ1) is 21.0. The number of hydrogen-bond donors (Lipinski definition) is 2. The standard InChI is InChI=1S/C21H23N5O4S/c1-14-22-20(25-24-14)15-6-5-7-17(12-15)23-21(27)16-8-9-18(30-2)19(13-16)31(28,29)26-10-3-4-11-26/h5-9,12-13H,3-4,10-11H2,1-2H3,(H,23,27)(H,22,24,25). The average Bonchev–Trinajstić information content (AvgIpc) is 3.46. The number of aromatic nitrogens is 3. The second-order valence-electron chi connectivity index (χ2n) is 7.26. The van der Waals surface area contributed by atoms with Crippen LogP contribution >= 0.6 is 0 Å². The van der Waals surface area contributed by atoms with Gasteiger partial charge in [0, 0.05) is 29.9 Å². The molecule has 0 aliphatic carbocycles. The molecule has 0 radical (unpaired) electrons. The number of aryl methyl sites for hydroxylation is 1. The molecule has 1 fully saturated rings. The van der Waals surface area contributed by atoms with Crippen molar-refractivity contribution in [3.8, 4) is 17.1 Å². The van der Waals surface area contributed by atoms with Crippen molar-refractivity contribution in [3.63, 3.8) is 0 Å². The number of amides is 1. The molecule has 0 atom stereocenters. The van der Waals surface area contributed by atoms with Crippen LogP contribution in [-0.2, 0) is 10.0 Å². The molecule has 1 aliphatic rings. The molecule has 4 rings (SSSR count). The number of ether oxygens (including phenoxy) is 1. The predicted molar refractivity (Wildman–Crippen MR) is 115 cm³/mol. The molecule has 1 saturated heterocycles. The van der Waals surface area contributed by atoms with Crippen LogP contribution in [0.15, 0.2) is 47.4 Å². The summed E-state index contributed by atoms with van der Waals surface area (Å²) < 4.78 is 32.8. The maximum absolute atomic E-state index is 13.0. The highest BCUT2D eigenvalue weighted by atomic mass is 32.2. The molecule has 1 aromatic heterocycles. The van der Waals surface area contributed by atoms with Crippen LogP contribution in [0.2, 0.25) is 0 Å². The van der Waals surface area contributed by atoms with Gasteiger partial charge in [-0.3, -0.25) is 9.89 Å². The van der Waals surface area contributed by atoms with Gasteiger partial charge < -0.3 is 10.1 Å². The van der Waals surface area contributed by atoms with Gasteiger partial charge in [0.1, 0.15) is 16.5 Å². The number of sulfonamides is 1. The minimum atomic E-state index is -3.74. The zero-order valence-corrected chi connectivity index (χ0v) is 18.1. The van der Waals surface area contributed by atoms with Gasteiger partial charge in [0.2, 0.25) is 10.0 Å². The van der Waals surface area contributed by atoms with Crippen LogP contribution in [0.1, 0.15) is 29.0 Å². The van der Waals surface area contributed by atoms with E-state index in [-0.39, 0.29) is 16.2 Å². The number of carbonyl (C=O) groups is 1. The van der Waals surface area contributed by atoms with E-state index in [4.69, 9.17) is 4.74 Å². The first-order valence-electron chi connectivity index (χ1n) is 9.87. The largest absolute Gasteiger partial charge is 0.495 e. The Bertz CT molecular complexity index is 1220. The van der Waals surface area contributed by atoms with Crippen LogP contribution in [-0.4, -0.2) is 54.0 Å². The summed E-state index contributed by atoms with van der Waals surface area (Å²) >= 11 is 0. The number of benzene rings is 2. The minimum absolute atomic E-state index is 0.00509. The van der Waals surface area contributed by atoms with Crippen molar-refractivity contribution in [2.75, 3.05) is 25.5 Å². The Labute approximate surface area is 180 Å². The molecule has 2 N–H and O–H groups in total. The van der Waals surface area contributed by atoms with E-state index >= 15 is 0 Å². The number of anilines is 1. The summed E-state index contributed by atoms with van der Waals surface area (Å²) in [6, 6.07) is 11.5. The zero-order valence-electron chi connectivity index (χ0n) is 17.3. The van der Waals surface area contributed by atoms with E-state index in [1.165, 1.54) is 23.5 Å². The number of carbonyl (C=O) groups excluding carboxylic acids is 1. The Balaban J connectivity index is 1.61. The van der Waals surface area contributed by atoms with Crippen molar-refractivity contribution in [1.29, 1.82) is 0 Å². The van der Waals surface area contributed by atoms with Crippen LogP contribution < -0.4 is 10.1 Å². The van der Waals surface area contributed by atoms with Gasteiger partial charge in [0.15, 0.2) is 5.82 Å². The molecule has 0 bridgehead atoms. The van der Waals surface area contributed by atoms with E-state index in [9.17, 15) is 13.2 Å². The van der Waals surface area contributed by atoms with Crippen molar-refractivity contribution in [2.45, 2.75) is 24.7 Å². The van der Waals surface area contributed by atoms with E-state index in [0.29, 0.717) is 30.4 Å². The number of hydrogen-bond acceptors (Lipinski definition) is 6. The van der Waals surface area contributed by atoms with Gasteiger partial charge in [-0.15, -0.1) is 0 Å². The Morgan fingerprint density at radius 2 is 1.94 bits per heavy atom. The summed E-state index contributed by atoms with van der Waals surface area (Å²) in [6.07, 6.45) is 1.64. The van der Waals surface area contributed by atoms with Crippen molar-refractivity contribution in [2.24, 2.45) is 0 Å². The number of methoxy groups -OCH3 is 1. The highest BCUT2D eigenvalue weighted by Crippen LogP contribution is 2.30. The first-order valence-corrected chi connectivity index (χ1v) is 11.3. The number of nitrogens with zero attached hydrogens (tertiary/aromatic N) is 3. The Hall–Kier alpha value is -3.24. The SMILES string of the molecule is COc1ccc(C(=O)Nc2cccc(-c3n[nH]c(C)n3)c2)cc1S(=O)(=O)N1CCCC1. The molecular weight excluding hydrogens is 418 g/mol. The molecule has 31 heavy (non-hydrogen) atoms. The fourth-order valence-electron chi connectivity index (χ4n) is 3.50. The maximum atomic E-state index is 13.0. The molecule has 10 heteroatoms. The van der Waals surface area contributed by atoms with Crippen molar-refractivity contribution in [3.05, 3.63) is 53.9 Å². The lowest BCUT2D eigenvalue weighted by Crippen LogP contribution is -2.28. The molecule has 1 amide bonds. The minimum Gasteiger partial charge on any atom is -0.495 e. The second kappa shape index (κ2) is 8.48. The highest BCUT2D eigenvalue weighted by molar-refractivity contribution is 7.89. The molecule has 0 spiro atoms. The zero-order chi connectivity index (χ0) is 22.0. The lowest BCUT2D eigenvalue weighted by Gasteiger charge is -2.18. The van der Waals surface area contributed by atoms with Gasteiger partial charge in [-0.2, -0.15) is 9.40 Å². The molecule has 1 aliphatic heterocycles. The quantitative estimate of drug-likeness (QED) is 0.607. The topological polar surface area (TPSA) is 117 Å². The van der Waals surface area contributed by atoms with Gasteiger partial charge in [0.05, 0.1) is 7.11 Å². The second-order valence-corrected chi connectivity index (χ2v) is 9.16. The Morgan fingerprint density at radius 1 is 1.16 bits per heavy atom. The van der Waals surface area contributed by atoms with Crippen LogP contribution in [0.5, 0.6) is 5.75 Å². The smallest absolute Gasteiger partial charge is 0.255 e. The lowest BCUT2D eigenvalue weighted by molar-refractivity contribution is 0.102.